The van der Waals surface area contributed by atoms with Gasteiger partial charge in [-0.1, -0.05) is 0 Å². The van der Waals surface area contributed by atoms with Crippen LogP contribution in [0.15, 0.2) is 12.1 Å². The monoisotopic (exact) mass is 310 g/mol. The minimum atomic E-state index is -0.634. The molecule has 0 aromatic heterocycles. The molecule has 0 saturated carbocycles. The first-order valence-electron chi connectivity index (χ1n) is 6.82. The van der Waals surface area contributed by atoms with Crippen molar-refractivity contribution in [2.24, 2.45) is 0 Å². The van der Waals surface area contributed by atoms with E-state index in [1.807, 2.05) is 4.90 Å². The van der Waals surface area contributed by atoms with Crippen molar-refractivity contribution in [3.8, 4) is 0 Å². The summed E-state index contributed by atoms with van der Waals surface area (Å²) in [5.74, 6) is -0.634. The van der Waals surface area contributed by atoms with E-state index in [1.54, 1.807) is 13.0 Å². The number of nitro benzene ring substituents is 1. The summed E-state index contributed by atoms with van der Waals surface area (Å²) in [6, 6.07) is 2.84. The van der Waals surface area contributed by atoms with Crippen molar-refractivity contribution >= 4 is 17.3 Å². The van der Waals surface area contributed by atoms with Gasteiger partial charge in [-0.25, -0.2) is 4.79 Å². The zero-order chi connectivity index (χ0) is 16.3. The number of carbonyl (C=O) groups is 1. The van der Waals surface area contributed by atoms with Gasteiger partial charge in [0.15, 0.2) is 0 Å². The Bertz CT molecular complexity index is 589. The number of ether oxygens (including phenoxy) is 2. The first-order valence-corrected chi connectivity index (χ1v) is 6.82. The molecule has 0 spiro atoms. The van der Waals surface area contributed by atoms with Crippen LogP contribution in [0.2, 0.25) is 0 Å². The molecule has 2 rings (SSSR count). The van der Waals surface area contributed by atoms with E-state index in [2.05, 4.69) is 0 Å². The average molecular weight is 310 g/mol. The Morgan fingerprint density at radius 3 is 2.91 bits per heavy atom. The molecular formula is C14H18N2O6. The molecule has 1 aromatic rings. The van der Waals surface area contributed by atoms with Crippen molar-refractivity contribution in [1.29, 1.82) is 0 Å². The summed E-state index contributed by atoms with van der Waals surface area (Å²) in [4.78, 5) is 24.4. The summed E-state index contributed by atoms with van der Waals surface area (Å²) >= 11 is 0. The standard InChI is InChI=1S/C14H18N2O6/c1-9-5-13(15-3-4-22-10(7-15)8-17)11(14(18)21-2)6-12(9)16(19)20/h5-6,10,17H,3-4,7-8H2,1-2H3. The molecule has 8 nitrogen and oxygen atoms in total. The van der Waals surface area contributed by atoms with Gasteiger partial charge in [-0.05, 0) is 13.0 Å². The molecule has 0 amide bonds. The second kappa shape index (κ2) is 6.71. The SMILES string of the molecule is COC(=O)c1cc([N+](=O)[O-])c(C)cc1N1CCOC(CO)C1. The van der Waals surface area contributed by atoms with Gasteiger partial charge < -0.3 is 19.5 Å². The summed E-state index contributed by atoms with van der Waals surface area (Å²) in [5.41, 5.74) is 1.02. The zero-order valence-corrected chi connectivity index (χ0v) is 12.4. The van der Waals surface area contributed by atoms with Crippen molar-refractivity contribution in [2.45, 2.75) is 13.0 Å². The maximum Gasteiger partial charge on any atom is 0.340 e. The number of aliphatic hydroxyl groups is 1. The Hall–Kier alpha value is -2.19. The Morgan fingerprint density at radius 2 is 2.32 bits per heavy atom. The number of nitro groups is 1. The highest BCUT2D eigenvalue weighted by molar-refractivity contribution is 5.97. The summed E-state index contributed by atoms with van der Waals surface area (Å²) in [7, 11) is 1.23. The van der Waals surface area contributed by atoms with E-state index in [-0.39, 0.29) is 24.0 Å². The predicted molar refractivity (Wildman–Crippen MR) is 78.2 cm³/mol. The molecule has 1 aromatic carbocycles. The lowest BCUT2D eigenvalue weighted by Crippen LogP contribution is -2.44. The van der Waals surface area contributed by atoms with Crippen molar-refractivity contribution in [2.75, 3.05) is 38.3 Å². The molecule has 0 bridgehead atoms. The number of anilines is 1. The number of esters is 1. The first kappa shape index (κ1) is 16.2. The molecule has 120 valence electrons. The van der Waals surface area contributed by atoms with Crippen LogP contribution in [0.1, 0.15) is 15.9 Å². The Morgan fingerprint density at radius 1 is 1.59 bits per heavy atom. The molecule has 8 heteroatoms. The van der Waals surface area contributed by atoms with E-state index in [1.165, 1.54) is 13.2 Å². The van der Waals surface area contributed by atoms with Gasteiger partial charge in [0.2, 0.25) is 0 Å². The minimum absolute atomic E-state index is 0.129. The van der Waals surface area contributed by atoms with E-state index >= 15 is 0 Å². The number of morpholine rings is 1. The maximum atomic E-state index is 12.0. The summed E-state index contributed by atoms with van der Waals surface area (Å²) in [6.45, 7) is 2.82. The highest BCUT2D eigenvalue weighted by atomic mass is 16.6. The number of hydrogen-bond donors (Lipinski definition) is 1. The van der Waals surface area contributed by atoms with Crippen LogP contribution in [-0.2, 0) is 9.47 Å². The fraction of sp³-hybridized carbons (Fsp3) is 0.500. The van der Waals surface area contributed by atoms with Crippen molar-refractivity contribution < 1.29 is 24.3 Å². The molecule has 22 heavy (non-hydrogen) atoms. The second-order valence-electron chi connectivity index (χ2n) is 5.03. The van der Waals surface area contributed by atoms with E-state index in [0.717, 1.165) is 0 Å². The third-order valence-electron chi connectivity index (χ3n) is 3.60. The number of aliphatic hydroxyl groups excluding tert-OH is 1. The zero-order valence-electron chi connectivity index (χ0n) is 12.4. The number of nitrogens with zero attached hydrogens (tertiary/aromatic N) is 2. The molecule has 1 atom stereocenters. The van der Waals surface area contributed by atoms with Crippen molar-refractivity contribution in [1.82, 2.24) is 0 Å². The molecule has 1 aliphatic heterocycles. The normalized spacial score (nSPS) is 18.1. The maximum absolute atomic E-state index is 12.0. The van der Waals surface area contributed by atoms with Crippen LogP contribution in [0.3, 0.4) is 0 Å². The van der Waals surface area contributed by atoms with Gasteiger partial charge in [0.05, 0.1) is 42.6 Å². The highest BCUT2D eigenvalue weighted by Gasteiger charge is 2.27. The number of methoxy groups -OCH3 is 1. The molecule has 1 aliphatic rings. The van der Waals surface area contributed by atoms with Crippen LogP contribution in [0, 0.1) is 17.0 Å². The van der Waals surface area contributed by atoms with Gasteiger partial charge in [0.1, 0.15) is 0 Å². The average Bonchev–Trinajstić information content (AvgIpc) is 2.53. The third-order valence-corrected chi connectivity index (χ3v) is 3.60. The highest BCUT2D eigenvalue weighted by Crippen LogP contribution is 2.31. The Kier molecular flexibility index (Phi) is 4.94. The third kappa shape index (κ3) is 3.18. The Labute approximate surface area is 127 Å². The van der Waals surface area contributed by atoms with Crippen molar-refractivity contribution in [3.63, 3.8) is 0 Å². The van der Waals surface area contributed by atoms with Crippen molar-refractivity contribution in [3.05, 3.63) is 33.4 Å². The number of aryl methyl sites for hydroxylation is 1. The summed E-state index contributed by atoms with van der Waals surface area (Å²) < 4.78 is 10.1. The fourth-order valence-corrected chi connectivity index (χ4v) is 2.46. The van der Waals surface area contributed by atoms with Gasteiger partial charge in [-0.15, -0.1) is 0 Å². The molecule has 1 N–H and O–H groups in total. The predicted octanol–water partition coefficient (Wildman–Crippen LogP) is 0.887. The van der Waals surface area contributed by atoms with Crippen LogP contribution < -0.4 is 4.90 Å². The van der Waals surface area contributed by atoms with Gasteiger partial charge in [0.25, 0.3) is 5.69 Å². The molecule has 1 unspecified atom stereocenters. The van der Waals surface area contributed by atoms with Gasteiger partial charge in [0, 0.05) is 24.7 Å². The number of carbonyl (C=O) groups excluding carboxylic acids is 1. The quantitative estimate of drug-likeness (QED) is 0.500. The summed E-state index contributed by atoms with van der Waals surface area (Å²) in [5, 5.41) is 20.3. The lowest BCUT2D eigenvalue weighted by atomic mass is 10.1. The van der Waals surface area contributed by atoms with Gasteiger partial charge in [-0.3, -0.25) is 10.1 Å². The second-order valence-corrected chi connectivity index (χ2v) is 5.03. The van der Waals surface area contributed by atoms with Gasteiger partial charge in [-0.2, -0.15) is 0 Å². The minimum Gasteiger partial charge on any atom is -0.465 e. The lowest BCUT2D eigenvalue weighted by molar-refractivity contribution is -0.385. The topological polar surface area (TPSA) is 102 Å². The number of hydrogen-bond acceptors (Lipinski definition) is 7. The number of benzene rings is 1. The molecule has 1 saturated heterocycles. The van der Waals surface area contributed by atoms with Crippen LogP contribution >= 0.6 is 0 Å². The first-order chi connectivity index (χ1) is 10.5. The Balaban J connectivity index is 2.46. The van der Waals surface area contributed by atoms with Crippen LogP contribution in [-0.4, -0.2) is 55.5 Å². The van der Waals surface area contributed by atoms with E-state index in [0.29, 0.717) is 30.9 Å². The van der Waals surface area contributed by atoms with Crippen LogP contribution in [0.5, 0.6) is 0 Å². The number of rotatable bonds is 4. The van der Waals surface area contributed by atoms with E-state index in [9.17, 15) is 20.0 Å². The molecule has 1 fully saturated rings. The molecular weight excluding hydrogens is 292 g/mol. The summed E-state index contributed by atoms with van der Waals surface area (Å²) in [6.07, 6.45) is -0.352. The van der Waals surface area contributed by atoms with Gasteiger partial charge >= 0.3 is 5.97 Å². The van der Waals surface area contributed by atoms with E-state index in [4.69, 9.17) is 9.47 Å². The molecule has 0 radical (unpaired) electrons. The van der Waals surface area contributed by atoms with Crippen LogP contribution in [0.25, 0.3) is 0 Å². The smallest absolute Gasteiger partial charge is 0.340 e. The lowest BCUT2D eigenvalue weighted by Gasteiger charge is -2.34. The largest absolute Gasteiger partial charge is 0.465 e. The fourth-order valence-electron chi connectivity index (χ4n) is 2.46. The van der Waals surface area contributed by atoms with E-state index < -0.39 is 10.9 Å². The molecule has 1 heterocycles. The van der Waals surface area contributed by atoms with Crippen LogP contribution in [0.4, 0.5) is 11.4 Å². The molecule has 0 aliphatic carbocycles.